The lowest BCUT2D eigenvalue weighted by Gasteiger charge is -2.23. The van der Waals surface area contributed by atoms with Gasteiger partial charge in [0.1, 0.15) is 12.4 Å². The van der Waals surface area contributed by atoms with Crippen LogP contribution in [0.5, 0.6) is 0 Å². The van der Waals surface area contributed by atoms with E-state index >= 15 is 0 Å². The molecule has 2 rings (SSSR count). The molecule has 0 amide bonds. The maximum absolute atomic E-state index is 5.49. The lowest BCUT2D eigenvalue weighted by atomic mass is 10.3. The maximum atomic E-state index is 5.49. The SMILES string of the molecule is Brc1ccc(COCC2CNCCO2)o1. The Morgan fingerprint density at radius 1 is 1.53 bits per heavy atom. The molecule has 84 valence electrons. The van der Waals surface area contributed by atoms with Crippen molar-refractivity contribution in [2.45, 2.75) is 12.7 Å². The van der Waals surface area contributed by atoms with E-state index in [0.29, 0.717) is 13.2 Å². The molecule has 1 unspecified atom stereocenters. The summed E-state index contributed by atoms with van der Waals surface area (Å²) in [5, 5.41) is 3.25. The molecule has 1 saturated heterocycles. The second-order valence-electron chi connectivity index (χ2n) is 3.42. The number of morpholine rings is 1. The molecule has 1 atom stereocenters. The van der Waals surface area contributed by atoms with Crippen LogP contribution in [0.3, 0.4) is 0 Å². The number of hydrogen-bond acceptors (Lipinski definition) is 4. The summed E-state index contributed by atoms with van der Waals surface area (Å²) in [4.78, 5) is 0. The Hall–Kier alpha value is -0.360. The molecule has 5 heteroatoms. The van der Waals surface area contributed by atoms with Crippen LogP contribution in [-0.2, 0) is 16.1 Å². The first-order chi connectivity index (χ1) is 7.34. The molecule has 1 aromatic heterocycles. The Balaban J connectivity index is 1.65. The molecule has 0 radical (unpaired) electrons. The molecule has 0 aliphatic carbocycles. The fourth-order valence-corrected chi connectivity index (χ4v) is 1.79. The van der Waals surface area contributed by atoms with Crippen LogP contribution in [-0.4, -0.2) is 32.4 Å². The lowest BCUT2D eigenvalue weighted by Crippen LogP contribution is -2.40. The number of furan rings is 1. The number of rotatable bonds is 4. The Morgan fingerprint density at radius 2 is 2.47 bits per heavy atom. The molecule has 1 aliphatic heterocycles. The van der Waals surface area contributed by atoms with E-state index in [9.17, 15) is 0 Å². The molecular weight excluding hydrogens is 262 g/mol. The van der Waals surface area contributed by atoms with Gasteiger partial charge in [-0.25, -0.2) is 0 Å². The lowest BCUT2D eigenvalue weighted by molar-refractivity contribution is -0.0385. The van der Waals surface area contributed by atoms with Crippen LogP contribution in [0, 0.1) is 0 Å². The van der Waals surface area contributed by atoms with E-state index in [4.69, 9.17) is 13.9 Å². The Morgan fingerprint density at radius 3 is 3.13 bits per heavy atom. The molecule has 4 nitrogen and oxygen atoms in total. The topological polar surface area (TPSA) is 43.6 Å². The van der Waals surface area contributed by atoms with E-state index in [2.05, 4.69) is 21.2 Å². The molecule has 1 aromatic rings. The van der Waals surface area contributed by atoms with Gasteiger partial charge in [0.05, 0.1) is 19.3 Å². The van der Waals surface area contributed by atoms with Crippen molar-refractivity contribution in [3.8, 4) is 0 Å². The maximum Gasteiger partial charge on any atom is 0.169 e. The largest absolute Gasteiger partial charge is 0.452 e. The van der Waals surface area contributed by atoms with Crippen molar-refractivity contribution in [1.82, 2.24) is 5.32 Å². The Labute approximate surface area is 97.1 Å². The van der Waals surface area contributed by atoms with Gasteiger partial charge >= 0.3 is 0 Å². The minimum Gasteiger partial charge on any atom is -0.452 e. The first kappa shape index (κ1) is 11.1. The van der Waals surface area contributed by atoms with E-state index < -0.39 is 0 Å². The highest BCUT2D eigenvalue weighted by Gasteiger charge is 2.13. The zero-order valence-corrected chi connectivity index (χ0v) is 9.96. The molecule has 1 aliphatic rings. The van der Waals surface area contributed by atoms with Crippen LogP contribution in [0.15, 0.2) is 21.2 Å². The molecular formula is C10H14BrNO3. The normalized spacial score (nSPS) is 21.8. The number of hydrogen-bond donors (Lipinski definition) is 1. The van der Waals surface area contributed by atoms with E-state index in [0.717, 1.165) is 30.1 Å². The fourth-order valence-electron chi connectivity index (χ4n) is 1.45. The predicted octanol–water partition coefficient (Wildman–Crippen LogP) is 1.55. The van der Waals surface area contributed by atoms with Gasteiger partial charge in [0.15, 0.2) is 4.67 Å². The summed E-state index contributed by atoms with van der Waals surface area (Å²) in [7, 11) is 0. The van der Waals surface area contributed by atoms with Crippen LogP contribution < -0.4 is 5.32 Å². The van der Waals surface area contributed by atoms with E-state index in [-0.39, 0.29) is 6.10 Å². The van der Waals surface area contributed by atoms with Crippen molar-refractivity contribution in [3.63, 3.8) is 0 Å². The third-order valence-electron chi connectivity index (χ3n) is 2.18. The molecule has 0 bridgehead atoms. The average Bonchev–Trinajstić information content (AvgIpc) is 2.66. The quantitative estimate of drug-likeness (QED) is 0.906. The van der Waals surface area contributed by atoms with Gasteiger partial charge in [0, 0.05) is 13.1 Å². The summed E-state index contributed by atoms with van der Waals surface area (Å²) >= 11 is 3.24. The minimum atomic E-state index is 0.164. The van der Waals surface area contributed by atoms with Crippen molar-refractivity contribution < 1.29 is 13.9 Å². The highest BCUT2D eigenvalue weighted by atomic mass is 79.9. The van der Waals surface area contributed by atoms with Gasteiger partial charge in [0.25, 0.3) is 0 Å². The van der Waals surface area contributed by atoms with E-state index in [1.54, 1.807) is 0 Å². The average molecular weight is 276 g/mol. The zero-order chi connectivity index (χ0) is 10.5. The van der Waals surface area contributed by atoms with Crippen molar-refractivity contribution >= 4 is 15.9 Å². The molecule has 0 spiro atoms. The summed E-state index contributed by atoms with van der Waals surface area (Å²) in [6.45, 7) is 3.65. The Bertz CT molecular complexity index is 297. The van der Waals surface area contributed by atoms with Crippen molar-refractivity contribution in [3.05, 3.63) is 22.6 Å². The summed E-state index contributed by atoms with van der Waals surface area (Å²) in [6.07, 6.45) is 0.164. The van der Waals surface area contributed by atoms with Gasteiger partial charge in [-0.3, -0.25) is 0 Å². The molecule has 2 heterocycles. The summed E-state index contributed by atoms with van der Waals surface area (Å²) in [5.74, 6) is 0.825. The highest BCUT2D eigenvalue weighted by molar-refractivity contribution is 9.10. The molecule has 1 N–H and O–H groups in total. The molecule has 0 aromatic carbocycles. The molecule has 15 heavy (non-hydrogen) atoms. The molecule has 0 saturated carbocycles. The second-order valence-corrected chi connectivity index (χ2v) is 4.20. The first-order valence-electron chi connectivity index (χ1n) is 4.99. The molecule has 1 fully saturated rings. The third kappa shape index (κ3) is 3.61. The summed E-state index contributed by atoms with van der Waals surface area (Å²) in [5.41, 5.74) is 0. The summed E-state index contributed by atoms with van der Waals surface area (Å²) in [6, 6.07) is 3.75. The van der Waals surface area contributed by atoms with Crippen LogP contribution in [0.4, 0.5) is 0 Å². The fraction of sp³-hybridized carbons (Fsp3) is 0.600. The van der Waals surface area contributed by atoms with E-state index in [1.165, 1.54) is 0 Å². The van der Waals surface area contributed by atoms with Crippen LogP contribution in [0.1, 0.15) is 5.76 Å². The van der Waals surface area contributed by atoms with Gasteiger partial charge < -0.3 is 19.2 Å². The third-order valence-corrected chi connectivity index (χ3v) is 2.61. The smallest absolute Gasteiger partial charge is 0.169 e. The van der Waals surface area contributed by atoms with Crippen molar-refractivity contribution in [2.24, 2.45) is 0 Å². The van der Waals surface area contributed by atoms with Crippen LogP contribution in [0.2, 0.25) is 0 Å². The van der Waals surface area contributed by atoms with E-state index in [1.807, 2.05) is 12.1 Å². The van der Waals surface area contributed by atoms with Crippen molar-refractivity contribution in [2.75, 3.05) is 26.3 Å². The zero-order valence-electron chi connectivity index (χ0n) is 8.37. The van der Waals surface area contributed by atoms with Gasteiger partial charge in [-0.1, -0.05) is 0 Å². The standard InChI is InChI=1S/C10H14BrNO3/c11-10-2-1-8(15-10)6-13-7-9-5-12-3-4-14-9/h1-2,9,12H,3-7H2. The Kier molecular flexibility index (Phi) is 4.19. The van der Waals surface area contributed by atoms with Crippen molar-refractivity contribution in [1.29, 1.82) is 0 Å². The van der Waals surface area contributed by atoms with Crippen LogP contribution >= 0.6 is 15.9 Å². The van der Waals surface area contributed by atoms with Gasteiger partial charge in [-0.2, -0.15) is 0 Å². The summed E-state index contributed by atoms with van der Waals surface area (Å²) < 4.78 is 17.0. The number of halogens is 1. The predicted molar refractivity (Wildman–Crippen MR) is 58.7 cm³/mol. The van der Waals surface area contributed by atoms with Crippen LogP contribution in [0.25, 0.3) is 0 Å². The first-order valence-corrected chi connectivity index (χ1v) is 5.78. The van der Waals surface area contributed by atoms with Gasteiger partial charge in [-0.05, 0) is 28.1 Å². The minimum absolute atomic E-state index is 0.164. The van der Waals surface area contributed by atoms with Gasteiger partial charge in [0.2, 0.25) is 0 Å². The number of ether oxygens (including phenoxy) is 2. The monoisotopic (exact) mass is 275 g/mol. The van der Waals surface area contributed by atoms with Gasteiger partial charge in [-0.15, -0.1) is 0 Å². The number of nitrogens with one attached hydrogen (secondary N) is 1. The second kappa shape index (κ2) is 5.65. The highest BCUT2D eigenvalue weighted by Crippen LogP contribution is 2.14.